The van der Waals surface area contributed by atoms with Crippen LogP contribution >= 0.6 is 0 Å². The molecule has 3 nitrogen and oxygen atoms in total. The Morgan fingerprint density at radius 2 is 1.68 bits per heavy atom. The van der Waals surface area contributed by atoms with Crippen molar-refractivity contribution in [3.05, 3.63) is 77.9 Å². The Labute approximate surface area is 130 Å². The van der Waals surface area contributed by atoms with E-state index in [9.17, 15) is 4.79 Å². The summed E-state index contributed by atoms with van der Waals surface area (Å²) < 4.78 is 5.47. The summed E-state index contributed by atoms with van der Waals surface area (Å²) in [6, 6.07) is 19.7. The number of amides is 1. The van der Waals surface area contributed by atoms with E-state index < -0.39 is 0 Å². The first-order valence-electron chi connectivity index (χ1n) is 7.58. The number of hydrogen-bond acceptors (Lipinski definition) is 2. The lowest BCUT2D eigenvalue weighted by Crippen LogP contribution is -2.33. The zero-order chi connectivity index (χ0) is 15.2. The molecule has 0 fully saturated rings. The van der Waals surface area contributed by atoms with Crippen molar-refractivity contribution in [3.63, 3.8) is 0 Å². The molecule has 0 aliphatic carbocycles. The van der Waals surface area contributed by atoms with Gasteiger partial charge >= 0.3 is 6.09 Å². The van der Waals surface area contributed by atoms with Crippen LogP contribution in [-0.4, -0.2) is 17.5 Å². The first kappa shape index (κ1) is 14.4. The van der Waals surface area contributed by atoms with Crippen LogP contribution in [0.15, 0.2) is 66.7 Å². The van der Waals surface area contributed by atoms with E-state index in [1.54, 1.807) is 4.90 Å². The van der Waals surface area contributed by atoms with Gasteiger partial charge in [0.1, 0.15) is 6.61 Å². The Hall–Kier alpha value is -2.55. The third-order valence-electron chi connectivity index (χ3n) is 3.71. The van der Waals surface area contributed by atoms with Crippen LogP contribution in [0.25, 0.3) is 5.70 Å². The van der Waals surface area contributed by atoms with E-state index in [1.165, 1.54) is 0 Å². The third-order valence-corrected chi connectivity index (χ3v) is 3.71. The molecule has 0 aromatic heterocycles. The van der Waals surface area contributed by atoms with Gasteiger partial charge in [-0.25, -0.2) is 4.79 Å². The molecular formula is C19H19NO2. The zero-order valence-corrected chi connectivity index (χ0v) is 12.4. The van der Waals surface area contributed by atoms with E-state index in [1.807, 2.05) is 60.7 Å². The summed E-state index contributed by atoms with van der Waals surface area (Å²) in [4.78, 5) is 14.2. The van der Waals surface area contributed by atoms with E-state index in [0.29, 0.717) is 13.2 Å². The standard InChI is InChI=1S/C19H19NO2/c21-19(22-15-16-9-3-1-4-10-16)20-14-8-7-13-18(20)17-11-5-2-6-12-17/h1-6,9-13H,7-8,14-15H2. The van der Waals surface area contributed by atoms with Crippen molar-refractivity contribution in [1.29, 1.82) is 0 Å². The fourth-order valence-electron chi connectivity index (χ4n) is 2.59. The third kappa shape index (κ3) is 3.37. The van der Waals surface area contributed by atoms with Crippen molar-refractivity contribution in [3.8, 4) is 0 Å². The van der Waals surface area contributed by atoms with Crippen LogP contribution in [0.1, 0.15) is 24.0 Å². The average Bonchev–Trinajstić information content (AvgIpc) is 2.61. The molecular weight excluding hydrogens is 274 g/mol. The topological polar surface area (TPSA) is 29.5 Å². The highest BCUT2D eigenvalue weighted by Gasteiger charge is 2.22. The molecule has 1 heterocycles. The maximum Gasteiger partial charge on any atom is 0.414 e. The maximum absolute atomic E-state index is 12.4. The highest BCUT2D eigenvalue weighted by Crippen LogP contribution is 2.25. The van der Waals surface area contributed by atoms with Crippen molar-refractivity contribution in [2.75, 3.05) is 6.54 Å². The summed E-state index contributed by atoms with van der Waals surface area (Å²) in [6.07, 6.45) is 3.80. The fourth-order valence-corrected chi connectivity index (χ4v) is 2.59. The number of rotatable bonds is 3. The molecule has 1 aliphatic rings. The maximum atomic E-state index is 12.4. The molecule has 0 bridgehead atoms. The van der Waals surface area contributed by atoms with Gasteiger partial charge in [0.25, 0.3) is 0 Å². The summed E-state index contributed by atoms with van der Waals surface area (Å²) in [5.74, 6) is 0. The van der Waals surface area contributed by atoms with Gasteiger partial charge in [0, 0.05) is 6.54 Å². The molecule has 0 spiro atoms. The summed E-state index contributed by atoms with van der Waals surface area (Å²) in [7, 11) is 0. The van der Waals surface area contributed by atoms with Crippen LogP contribution in [0.3, 0.4) is 0 Å². The van der Waals surface area contributed by atoms with Gasteiger partial charge in [-0.15, -0.1) is 0 Å². The van der Waals surface area contributed by atoms with Gasteiger partial charge in [-0.05, 0) is 24.0 Å². The number of carbonyl (C=O) groups excluding carboxylic acids is 1. The highest BCUT2D eigenvalue weighted by molar-refractivity contribution is 5.82. The molecule has 3 rings (SSSR count). The Balaban J connectivity index is 1.70. The predicted molar refractivity (Wildman–Crippen MR) is 87.0 cm³/mol. The Morgan fingerprint density at radius 3 is 2.41 bits per heavy atom. The molecule has 112 valence electrons. The van der Waals surface area contributed by atoms with Gasteiger partial charge < -0.3 is 4.74 Å². The van der Waals surface area contributed by atoms with Crippen molar-refractivity contribution in [2.45, 2.75) is 19.4 Å². The minimum absolute atomic E-state index is 0.279. The van der Waals surface area contributed by atoms with Crippen molar-refractivity contribution in [1.82, 2.24) is 4.90 Å². The highest BCUT2D eigenvalue weighted by atomic mass is 16.6. The second-order valence-corrected chi connectivity index (χ2v) is 5.29. The first-order valence-corrected chi connectivity index (χ1v) is 7.58. The molecule has 1 amide bonds. The zero-order valence-electron chi connectivity index (χ0n) is 12.4. The van der Waals surface area contributed by atoms with E-state index in [-0.39, 0.29) is 6.09 Å². The van der Waals surface area contributed by atoms with E-state index in [4.69, 9.17) is 4.74 Å². The summed E-state index contributed by atoms with van der Waals surface area (Å²) in [5.41, 5.74) is 3.00. The molecule has 22 heavy (non-hydrogen) atoms. The van der Waals surface area contributed by atoms with E-state index in [0.717, 1.165) is 29.7 Å². The van der Waals surface area contributed by atoms with Gasteiger partial charge in [-0.2, -0.15) is 0 Å². The van der Waals surface area contributed by atoms with Crippen LogP contribution in [0.5, 0.6) is 0 Å². The van der Waals surface area contributed by atoms with Gasteiger partial charge in [0.05, 0.1) is 5.70 Å². The van der Waals surface area contributed by atoms with Gasteiger partial charge in [-0.1, -0.05) is 66.7 Å². The number of benzene rings is 2. The van der Waals surface area contributed by atoms with Crippen molar-refractivity contribution >= 4 is 11.8 Å². The van der Waals surface area contributed by atoms with Gasteiger partial charge in [-0.3, -0.25) is 4.90 Å². The van der Waals surface area contributed by atoms with Crippen LogP contribution in [0.2, 0.25) is 0 Å². The molecule has 0 saturated carbocycles. The molecule has 2 aromatic rings. The van der Waals surface area contributed by atoms with E-state index in [2.05, 4.69) is 6.08 Å². The molecule has 3 heteroatoms. The summed E-state index contributed by atoms with van der Waals surface area (Å²) in [5, 5.41) is 0. The summed E-state index contributed by atoms with van der Waals surface area (Å²) >= 11 is 0. The molecule has 0 atom stereocenters. The number of ether oxygens (including phenoxy) is 1. The number of allylic oxidation sites excluding steroid dienone is 1. The van der Waals surface area contributed by atoms with Crippen molar-refractivity contribution in [2.24, 2.45) is 0 Å². The van der Waals surface area contributed by atoms with Crippen LogP contribution in [-0.2, 0) is 11.3 Å². The average molecular weight is 293 g/mol. The minimum Gasteiger partial charge on any atom is -0.444 e. The van der Waals surface area contributed by atoms with E-state index >= 15 is 0 Å². The minimum atomic E-state index is -0.279. The molecule has 1 aliphatic heterocycles. The number of hydrogen-bond donors (Lipinski definition) is 0. The number of carbonyl (C=O) groups is 1. The predicted octanol–water partition coefficient (Wildman–Crippen LogP) is 4.46. The largest absolute Gasteiger partial charge is 0.444 e. The lowest BCUT2D eigenvalue weighted by molar-refractivity contribution is 0.112. The number of nitrogens with zero attached hydrogens (tertiary/aromatic N) is 1. The Morgan fingerprint density at radius 1 is 1.00 bits per heavy atom. The van der Waals surface area contributed by atoms with Crippen LogP contribution in [0.4, 0.5) is 4.79 Å². The quantitative estimate of drug-likeness (QED) is 0.836. The molecule has 0 saturated heterocycles. The fraction of sp³-hybridized carbons (Fsp3) is 0.211. The SMILES string of the molecule is O=C(OCc1ccccc1)N1CCCC=C1c1ccccc1. The van der Waals surface area contributed by atoms with Gasteiger partial charge in [0.15, 0.2) is 0 Å². The van der Waals surface area contributed by atoms with Crippen LogP contribution in [0, 0.1) is 0 Å². The molecule has 0 N–H and O–H groups in total. The molecule has 0 unspecified atom stereocenters. The Bertz CT molecular complexity index is 650. The lowest BCUT2D eigenvalue weighted by Gasteiger charge is -2.28. The molecule has 2 aromatic carbocycles. The van der Waals surface area contributed by atoms with Crippen molar-refractivity contribution < 1.29 is 9.53 Å². The van der Waals surface area contributed by atoms with Gasteiger partial charge in [0.2, 0.25) is 0 Å². The monoisotopic (exact) mass is 293 g/mol. The molecule has 0 radical (unpaired) electrons. The normalized spacial score (nSPS) is 14.4. The Kier molecular flexibility index (Phi) is 4.54. The first-order chi connectivity index (χ1) is 10.8. The summed E-state index contributed by atoms with van der Waals surface area (Å²) in [6.45, 7) is 1.01. The second kappa shape index (κ2) is 6.94. The van der Waals surface area contributed by atoms with Crippen LogP contribution < -0.4 is 0 Å². The smallest absolute Gasteiger partial charge is 0.414 e. The second-order valence-electron chi connectivity index (χ2n) is 5.29. The lowest BCUT2D eigenvalue weighted by atomic mass is 10.1.